The highest BCUT2D eigenvalue weighted by Crippen LogP contribution is 2.27. The number of nitrogens with one attached hydrogen (secondary N) is 2. The molecule has 0 fully saturated rings. The fraction of sp³-hybridized carbons (Fsp3) is 0. The zero-order chi connectivity index (χ0) is 18.4. The normalized spacial score (nSPS) is 10.4. The Hall–Kier alpha value is -2.97. The van der Waals surface area contributed by atoms with E-state index in [9.17, 15) is 20.0 Å². The van der Waals surface area contributed by atoms with Gasteiger partial charge in [0, 0.05) is 23.2 Å². The van der Waals surface area contributed by atoms with Crippen molar-refractivity contribution in [3.05, 3.63) is 69.2 Å². The summed E-state index contributed by atoms with van der Waals surface area (Å²) in [6, 6.07) is 10.4. The van der Waals surface area contributed by atoms with E-state index in [4.69, 9.17) is 23.8 Å². The standard InChI is InChI=1S/C16H12ClN3O4S/c17-12-4-2-1-3-10(12)5-8-15(22)19-16(25)18-13-9-11(20(23)24)6-7-14(13)21/h1-9,21H,(H2,18,19,22,25). The lowest BCUT2D eigenvalue weighted by molar-refractivity contribution is -0.384. The number of halogens is 1. The summed E-state index contributed by atoms with van der Waals surface area (Å²) in [5.74, 6) is -0.767. The number of carbonyl (C=O) groups excluding carboxylic acids is 1. The number of benzene rings is 2. The summed E-state index contributed by atoms with van der Waals surface area (Å²) in [4.78, 5) is 22.0. The number of nitro benzene ring substituents is 1. The minimum absolute atomic E-state index is 0.00887. The molecule has 0 aromatic heterocycles. The molecule has 0 heterocycles. The highest BCUT2D eigenvalue weighted by atomic mass is 35.5. The molecule has 25 heavy (non-hydrogen) atoms. The molecule has 0 aliphatic rings. The third-order valence-electron chi connectivity index (χ3n) is 3.00. The summed E-state index contributed by atoms with van der Waals surface area (Å²) in [5.41, 5.74) is 0.442. The van der Waals surface area contributed by atoms with Crippen LogP contribution in [0.5, 0.6) is 5.75 Å². The van der Waals surface area contributed by atoms with Gasteiger partial charge in [0.25, 0.3) is 5.69 Å². The molecule has 3 N–H and O–H groups in total. The van der Waals surface area contributed by atoms with Crippen LogP contribution in [0.2, 0.25) is 5.02 Å². The van der Waals surface area contributed by atoms with Crippen LogP contribution in [-0.4, -0.2) is 21.0 Å². The van der Waals surface area contributed by atoms with Crippen molar-refractivity contribution in [2.24, 2.45) is 0 Å². The van der Waals surface area contributed by atoms with Gasteiger partial charge in [0.2, 0.25) is 5.91 Å². The van der Waals surface area contributed by atoms with Gasteiger partial charge >= 0.3 is 0 Å². The average molecular weight is 378 g/mol. The highest BCUT2D eigenvalue weighted by Gasteiger charge is 2.12. The largest absolute Gasteiger partial charge is 0.506 e. The topological polar surface area (TPSA) is 104 Å². The first kappa shape index (κ1) is 18.4. The first-order valence-electron chi connectivity index (χ1n) is 6.89. The predicted molar refractivity (Wildman–Crippen MR) is 99.6 cm³/mol. The van der Waals surface area contributed by atoms with Gasteiger partial charge in [-0.1, -0.05) is 29.8 Å². The molecule has 2 aromatic carbocycles. The highest BCUT2D eigenvalue weighted by molar-refractivity contribution is 7.80. The van der Waals surface area contributed by atoms with Gasteiger partial charge in [0.05, 0.1) is 10.6 Å². The molecule has 1 amide bonds. The van der Waals surface area contributed by atoms with Gasteiger partial charge in [-0.05, 0) is 36.0 Å². The van der Waals surface area contributed by atoms with Crippen LogP contribution in [-0.2, 0) is 4.79 Å². The van der Waals surface area contributed by atoms with Gasteiger partial charge in [-0.15, -0.1) is 0 Å². The molecule has 2 aromatic rings. The molecule has 0 spiro atoms. The number of non-ortho nitro benzene ring substituents is 1. The van der Waals surface area contributed by atoms with Crippen LogP contribution >= 0.6 is 23.8 Å². The molecule has 7 nitrogen and oxygen atoms in total. The molecule has 9 heteroatoms. The first-order valence-corrected chi connectivity index (χ1v) is 7.67. The number of rotatable bonds is 4. The lowest BCUT2D eigenvalue weighted by Crippen LogP contribution is -2.32. The maximum atomic E-state index is 11.8. The van der Waals surface area contributed by atoms with Gasteiger partial charge in [-0.2, -0.15) is 0 Å². The first-order chi connectivity index (χ1) is 11.9. The van der Waals surface area contributed by atoms with Gasteiger partial charge in [0.1, 0.15) is 5.75 Å². The minimum Gasteiger partial charge on any atom is -0.506 e. The molecule has 0 bridgehead atoms. The number of hydrogen-bond acceptors (Lipinski definition) is 5. The lowest BCUT2D eigenvalue weighted by Gasteiger charge is -2.09. The zero-order valence-electron chi connectivity index (χ0n) is 12.6. The lowest BCUT2D eigenvalue weighted by atomic mass is 10.2. The molecule has 0 aliphatic carbocycles. The van der Waals surface area contributed by atoms with Gasteiger partial charge < -0.3 is 10.4 Å². The summed E-state index contributed by atoms with van der Waals surface area (Å²) in [7, 11) is 0. The van der Waals surface area contributed by atoms with Gasteiger partial charge in [0.15, 0.2) is 5.11 Å². The smallest absolute Gasteiger partial charge is 0.271 e. The summed E-state index contributed by atoms with van der Waals surface area (Å²) in [6.45, 7) is 0. The van der Waals surface area contributed by atoms with Crippen LogP contribution in [0.25, 0.3) is 6.08 Å². The summed E-state index contributed by atoms with van der Waals surface area (Å²) < 4.78 is 0. The molecule has 0 saturated heterocycles. The second kappa shape index (κ2) is 8.22. The van der Waals surface area contributed by atoms with Crippen molar-refractivity contribution in [3.8, 4) is 5.75 Å². The quantitative estimate of drug-likeness (QED) is 0.248. The van der Waals surface area contributed by atoms with E-state index >= 15 is 0 Å². The number of carbonyl (C=O) groups is 1. The Bertz CT molecular complexity index is 870. The Morgan fingerprint density at radius 3 is 2.68 bits per heavy atom. The van der Waals surface area contributed by atoms with Crippen LogP contribution in [0.3, 0.4) is 0 Å². The van der Waals surface area contributed by atoms with Crippen molar-refractivity contribution in [1.29, 1.82) is 0 Å². The summed E-state index contributed by atoms with van der Waals surface area (Å²) >= 11 is 10.9. The molecule has 0 atom stereocenters. The number of hydrogen-bond donors (Lipinski definition) is 3. The minimum atomic E-state index is -0.613. The van der Waals surface area contributed by atoms with E-state index in [1.807, 2.05) is 0 Å². The van der Waals surface area contributed by atoms with Crippen LogP contribution in [0.4, 0.5) is 11.4 Å². The van der Waals surface area contributed by atoms with Crippen molar-refractivity contribution in [1.82, 2.24) is 5.32 Å². The van der Waals surface area contributed by atoms with Crippen molar-refractivity contribution in [2.45, 2.75) is 0 Å². The Balaban J connectivity index is 2.00. The van der Waals surface area contributed by atoms with Crippen molar-refractivity contribution < 1.29 is 14.8 Å². The SMILES string of the molecule is O=C(C=Cc1ccccc1Cl)NC(=S)Nc1cc([N+](=O)[O-])ccc1O. The molecule has 0 saturated carbocycles. The van der Waals surface area contributed by atoms with Crippen molar-refractivity contribution >= 4 is 52.3 Å². The molecule has 0 unspecified atom stereocenters. The van der Waals surface area contributed by atoms with Crippen molar-refractivity contribution in [2.75, 3.05) is 5.32 Å². The molecule has 2 rings (SSSR count). The van der Waals surface area contributed by atoms with E-state index < -0.39 is 10.8 Å². The van der Waals surface area contributed by atoms with E-state index in [1.165, 1.54) is 12.2 Å². The third kappa shape index (κ3) is 5.27. The second-order valence-corrected chi connectivity index (χ2v) is 5.57. The van der Waals surface area contributed by atoms with Gasteiger partial charge in [-0.25, -0.2) is 0 Å². The summed E-state index contributed by atoms with van der Waals surface area (Å²) in [5, 5.41) is 25.7. The van der Waals surface area contributed by atoms with E-state index in [0.717, 1.165) is 18.2 Å². The number of anilines is 1. The Labute approximate surface area is 153 Å². The van der Waals surface area contributed by atoms with E-state index in [-0.39, 0.29) is 22.2 Å². The number of thiocarbonyl (C=S) groups is 1. The average Bonchev–Trinajstić information content (AvgIpc) is 2.55. The van der Waals surface area contributed by atoms with E-state index in [2.05, 4.69) is 10.6 Å². The number of nitrogens with zero attached hydrogens (tertiary/aromatic N) is 1. The number of phenolic OH excluding ortho intramolecular Hbond substituents is 1. The maximum Gasteiger partial charge on any atom is 0.271 e. The summed E-state index contributed by atoms with van der Waals surface area (Å²) in [6.07, 6.45) is 2.76. The number of phenols is 1. The maximum absolute atomic E-state index is 11.8. The fourth-order valence-corrected chi connectivity index (χ4v) is 2.23. The van der Waals surface area contributed by atoms with Crippen LogP contribution in [0.15, 0.2) is 48.5 Å². The number of nitro groups is 1. The molecule has 0 radical (unpaired) electrons. The van der Waals surface area contributed by atoms with Crippen molar-refractivity contribution in [3.63, 3.8) is 0 Å². The Kier molecular flexibility index (Phi) is 6.04. The van der Waals surface area contributed by atoms with Crippen LogP contribution < -0.4 is 10.6 Å². The monoisotopic (exact) mass is 377 g/mol. The van der Waals surface area contributed by atoms with Gasteiger partial charge in [-0.3, -0.25) is 20.2 Å². The molecular weight excluding hydrogens is 366 g/mol. The Morgan fingerprint density at radius 1 is 1.28 bits per heavy atom. The van der Waals surface area contributed by atoms with Crippen LogP contribution in [0, 0.1) is 10.1 Å². The number of amides is 1. The van der Waals surface area contributed by atoms with E-state index in [0.29, 0.717) is 10.6 Å². The van der Waals surface area contributed by atoms with E-state index in [1.54, 1.807) is 24.3 Å². The molecular formula is C16H12ClN3O4S. The second-order valence-electron chi connectivity index (χ2n) is 4.76. The Morgan fingerprint density at radius 2 is 2.00 bits per heavy atom. The molecule has 0 aliphatic heterocycles. The zero-order valence-corrected chi connectivity index (χ0v) is 14.2. The van der Waals surface area contributed by atoms with Crippen LogP contribution in [0.1, 0.15) is 5.56 Å². The predicted octanol–water partition coefficient (Wildman–Crippen LogP) is 3.48. The fourth-order valence-electron chi connectivity index (χ4n) is 1.82. The molecule has 128 valence electrons. The third-order valence-corrected chi connectivity index (χ3v) is 3.54. The number of aromatic hydroxyl groups is 1.